The quantitative estimate of drug-likeness (QED) is 0.723. The molecule has 164 valence electrons. The van der Waals surface area contributed by atoms with Crippen LogP contribution in [0.25, 0.3) is 0 Å². The first-order valence-corrected chi connectivity index (χ1v) is 11.3. The van der Waals surface area contributed by atoms with Crippen molar-refractivity contribution in [2.75, 3.05) is 38.0 Å². The highest BCUT2D eigenvalue weighted by Crippen LogP contribution is 2.19. The zero-order valence-corrected chi connectivity index (χ0v) is 18.0. The van der Waals surface area contributed by atoms with E-state index in [2.05, 4.69) is 44.7 Å². The van der Waals surface area contributed by atoms with E-state index in [1.807, 2.05) is 36.4 Å². The summed E-state index contributed by atoms with van der Waals surface area (Å²) in [5.74, 6) is 0.194. The number of amides is 2. The minimum atomic E-state index is 0.0147. The molecule has 0 radical (unpaired) electrons. The van der Waals surface area contributed by atoms with E-state index in [1.165, 1.54) is 5.56 Å². The lowest BCUT2D eigenvalue weighted by Gasteiger charge is -2.31. The van der Waals surface area contributed by atoms with E-state index in [0.717, 1.165) is 57.7 Å². The molecule has 0 saturated carbocycles. The molecule has 6 heteroatoms. The van der Waals surface area contributed by atoms with E-state index in [9.17, 15) is 9.59 Å². The van der Waals surface area contributed by atoms with Gasteiger partial charge < -0.3 is 10.6 Å². The molecule has 2 heterocycles. The van der Waals surface area contributed by atoms with Gasteiger partial charge in [0.15, 0.2) is 0 Å². The Hall–Kier alpha value is -2.70. The van der Waals surface area contributed by atoms with Crippen molar-refractivity contribution in [1.29, 1.82) is 0 Å². The molecule has 2 aliphatic heterocycles. The van der Waals surface area contributed by atoms with Crippen molar-refractivity contribution in [2.24, 2.45) is 5.92 Å². The molecule has 0 aliphatic carbocycles. The summed E-state index contributed by atoms with van der Waals surface area (Å²) < 4.78 is 0. The lowest BCUT2D eigenvalue weighted by molar-refractivity contribution is -0.123. The molecule has 0 aromatic heterocycles. The number of anilines is 1. The molecule has 2 N–H and O–H groups in total. The van der Waals surface area contributed by atoms with Crippen LogP contribution in [0.3, 0.4) is 0 Å². The fourth-order valence-corrected chi connectivity index (χ4v) is 4.53. The molecule has 2 aromatic rings. The number of piperidine rings is 1. The second-order valence-electron chi connectivity index (χ2n) is 8.68. The monoisotopic (exact) mass is 420 g/mol. The van der Waals surface area contributed by atoms with Crippen molar-refractivity contribution in [2.45, 2.75) is 31.8 Å². The largest absolute Gasteiger partial charge is 0.351 e. The predicted octanol–water partition coefficient (Wildman–Crippen LogP) is 2.73. The van der Waals surface area contributed by atoms with Crippen LogP contribution in [0.1, 0.15) is 24.8 Å². The van der Waals surface area contributed by atoms with Crippen molar-refractivity contribution >= 4 is 17.5 Å². The summed E-state index contributed by atoms with van der Waals surface area (Å²) in [6, 6.07) is 20.3. The Bertz CT molecular complexity index is 850. The number of nitrogens with zero attached hydrogens (tertiary/aromatic N) is 2. The molecule has 1 unspecified atom stereocenters. The summed E-state index contributed by atoms with van der Waals surface area (Å²) in [6.07, 6.45) is 2.58. The maximum Gasteiger partial charge on any atom is 0.234 e. The van der Waals surface area contributed by atoms with Gasteiger partial charge in [-0.1, -0.05) is 48.5 Å². The highest BCUT2D eigenvalue weighted by Gasteiger charge is 2.28. The van der Waals surface area contributed by atoms with Crippen LogP contribution in [0, 0.1) is 5.92 Å². The van der Waals surface area contributed by atoms with Crippen molar-refractivity contribution in [1.82, 2.24) is 15.1 Å². The fraction of sp³-hybridized carbons (Fsp3) is 0.440. The van der Waals surface area contributed by atoms with Crippen LogP contribution >= 0.6 is 0 Å². The highest BCUT2D eigenvalue weighted by molar-refractivity contribution is 5.92. The van der Waals surface area contributed by atoms with E-state index in [4.69, 9.17) is 0 Å². The predicted molar refractivity (Wildman–Crippen MR) is 123 cm³/mol. The van der Waals surface area contributed by atoms with Gasteiger partial charge in [-0.2, -0.15) is 0 Å². The van der Waals surface area contributed by atoms with Gasteiger partial charge in [0.2, 0.25) is 11.8 Å². The molecule has 2 aliphatic rings. The lowest BCUT2D eigenvalue weighted by atomic mass is 9.96. The van der Waals surface area contributed by atoms with Gasteiger partial charge in [0, 0.05) is 37.3 Å². The molecule has 2 saturated heterocycles. The molecule has 31 heavy (non-hydrogen) atoms. The van der Waals surface area contributed by atoms with Crippen LogP contribution in [-0.4, -0.2) is 60.4 Å². The SMILES string of the molecule is O=C(CN1CCC(C(=O)Nc2ccccc2)CC1)NC1CCN(Cc2ccccc2)C1. The zero-order chi connectivity index (χ0) is 21.5. The smallest absolute Gasteiger partial charge is 0.234 e. The topological polar surface area (TPSA) is 64.7 Å². The Morgan fingerprint density at radius 2 is 1.48 bits per heavy atom. The minimum Gasteiger partial charge on any atom is -0.351 e. The molecule has 0 spiro atoms. The summed E-state index contributed by atoms with van der Waals surface area (Å²) in [7, 11) is 0. The number of para-hydroxylation sites is 1. The van der Waals surface area contributed by atoms with Gasteiger partial charge in [-0.25, -0.2) is 0 Å². The van der Waals surface area contributed by atoms with Gasteiger partial charge in [0.05, 0.1) is 6.54 Å². The average molecular weight is 421 g/mol. The number of rotatable bonds is 7. The van der Waals surface area contributed by atoms with E-state index in [0.29, 0.717) is 6.54 Å². The van der Waals surface area contributed by atoms with E-state index in [-0.39, 0.29) is 23.8 Å². The molecular weight excluding hydrogens is 388 g/mol. The molecule has 0 bridgehead atoms. The van der Waals surface area contributed by atoms with E-state index >= 15 is 0 Å². The number of nitrogens with one attached hydrogen (secondary N) is 2. The van der Waals surface area contributed by atoms with Crippen molar-refractivity contribution < 1.29 is 9.59 Å². The van der Waals surface area contributed by atoms with Crippen molar-refractivity contribution in [3.05, 3.63) is 66.2 Å². The standard InChI is InChI=1S/C25H32N4O2/c30-24(26-23-13-16-29(18-23)17-20-7-3-1-4-8-20)19-28-14-11-21(12-15-28)25(31)27-22-9-5-2-6-10-22/h1-10,21,23H,11-19H2,(H,26,30)(H,27,31). The third-order valence-electron chi connectivity index (χ3n) is 6.25. The normalized spacial score (nSPS) is 20.5. The summed E-state index contributed by atoms with van der Waals surface area (Å²) in [6.45, 7) is 4.84. The number of carbonyl (C=O) groups excluding carboxylic acids is 2. The van der Waals surface area contributed by atoms with E-state index in [1.54, 1.807) is 0 Å². The summed E-state index contributed by atoms with van der Waals surface area (Å²) >= 11 is 0. The summed E-state index contributed by atoms with van der Waals surface area (Å²) in [4.78, 5) is 29.6. The van der Waals surface area contributed by atoms with Gasteiger partial charge in [-0.05, 0) is 50.0 Å². The zero-order valence-electron chi connectivity index (χ0n) is 18.0. The molecule has 2 amide bonds. The van der Waals surface area contributed by atoms with Crippen LogP contribution in [0.15, 0.2) is 60.7 Å². The maximum absolute atomic E-state index is 12.5. The molecular formula is C25H32N4O2. The first-order valence-electron chi connectivity index (χ1n) is 11.3. The molecule has 1 atom stereocenters. The van der Waals surface area contributed by atoms with Gasteiger partial charge in [-0.15, -0.1) is 0 Å². The maximum atomic E-state index is 12.5. The Kier molecular flexibility index (Phi) is 7.33. The van der Waals surface area contributed by atoms with Crippen LogP contribution < -0.4 is 10.6 Å². The minimum absolute atomic E-state index is 0.0147. The summed E-state index contributed by atoms with van der Waals surface area (Å²) in [5, 5.41) is 6.20. The van der Waals surface area contributed by atoms with Gasteiger partial charge in [0.1, 0.15) is 0 Å². The molecule has 4 rings (SSSR count). The third kappa shape index (κ3) is 6.39. The number of hydrogen-bond donors (Lipinski definition) is 2. The lowest BCUT2D eigenvalue weighted by Crippen LogP contribution is -2.46. The third-order valence-corrected chi connectivity index (χ3v) is 6.25. The van der Waals surface area contributed by atoms with Crippen LogP contribution in [0.5, 0.6) is 0 Å². The first-order chi connectivity index (χ1) is 15.2. The summed E-state index contributed by atoms with van der Waals surface area (Å²) in [5.41, 5.74) is 2.15. The number of carbonyl (C=O) groups is 2. The Balaban J connectivity index is 1.15. The Morgan fingerprint density at radius 3 is 2.19 bits per heavy atom. The number of likely N-dealkylation sites (tertiary alicyclic amines) is 2. The highest BCUT2D eigenvalue weighted by atomic mass is 16.2. The van der Waals surface area contributed by atoms with Gasteiger partial charge in [0.25, 0.3) is 0 Å². The second kappa shape index (κ2) is 10.6. The Labute approximate surface area is 184 Å². The first kappa shape index (κ1) is 21.5. The molecule has 2 aromatic carbocycles. The van der Waals surface area contributed by atoms with Gasteiger partial charge >= 0.3 is 0 Å². The fourth-order valence-electron chi connectivity index (χ4n) is 4.53. The second-order valence-corrected chi connectivity index (χ2v) is 8.68. The number of hydrogen-bond acceptors (Lipinski definition) is 4. The van der Waals surface area contributed by atoms with Crippen LogP contribution in [0.4, 0.5) is 5.69 Å². The number of benzene rings is 2. The van der Waals surface area contributed by atoms with E-state index < -0.39 is 0 Å². The molecule has 6 nitrogen and oxygen atoms in total. The van der Waals surface area contributed by atoms with Crippen LogP contribution in [0.2, 0.25) is 0 Å². The van der Waals surface area contributed by atoms with Gasteiger partial charge in [-0.3, -0.25) is 19.4 Å². The van der Waals surface area contributed by atoms with Crippen LogP contribution in [-0.2, 0) is 16.1 Å². The average Bonchev–Trinajstić information content (AvgIpc) is 3.22. The Morgan fingerprint density at radius 1 is 0.839 bits per heavy atom. The molecule has 2 fully saturated rings. The van der Waals surface area contributed by atoms with Crippen molar-refractivity contribution in [3.63, 3.8) is 0 Å². The van der Waals surface area contributed by atoms with Crippen molar-refractivity contribution in [3.8, 4) is 0 Å².